The van der Waals surface area contributed by atoms with Gasteiger partial charge in [0.15, 0.2) is 0 Å². The van der Waals surface area contributed by atoms with Crippen LogP contribution in [0.5, 0.6) is 5.75 Å². The van der Waals surface area contributed by atoms with E-state index in [1.807, 2.05) is 19.1 Å². The Hall–Kier alpha value is -0.950. The molecule has 17 heavy (non-hydrogen) atoms. The minimum atomic E-state index is 0.579. The van der Waals surface area contributed by atoms with E-state index in [4.69, 9.17) is 16.3 Å². The van der Waals surface area contributed by atoms with E-state index in [1.54, 1.807) is 0 Å². The predicted octanol–water partition coefficient (Wildman–Crippen LogP) is 4.90. The Morgan fingerprint density at radius 3 is 2.53 bits per heavy atom. The molecule has 0 saturated heterocycles. The average Bonchev–Trinajstić information content (AvgIpc) is 2.36. The van der Waals surface area contributed by atoms with E-state index in [0.29, 0.717) is 5.88 Å². The maximum atomic E-state index is 5.74. The standard InChI is InChI=1S/C15H21ClO/c1-3-4-5-10-17-15-8-6-14(7-9-15)11-13(2)12-16/h6-9,11H,3-5,10,12H2,1-2H3. The zero-order valence-electron chi connectivity index (χ0n) is 10.7. The number of allylic oxidation sites excluding steroid dienone is 1. The molecule has 0 radical (unpaired) electrons. The molecule has 1 aromatic carbocycles. The van der Waals surface area contributed by atoms with Crippen molar-refractivity contribution < 1.29 is 4.74 Å². The van der Waals surface area contributed by atoms with E-state index in [1.165, 1.54) is 24.0 Å². The lowest BCUT2D eigenvalue weighted by Crippen LogP contribution is -1.96. The van der Waals surface area contributed by atoms with Crippen molar-refractivity contribution in [1.29, 1.82) is 0 Å². The second kappa shape index (κ2) is 8.19. The molecule has 1 aromatic rings. The number of hydrogen-bond donors (Lipinski definition) is 0. The SMILES string of the molecule is CCCCCOc1ccc(C=C(C)CCl)cc1. The van der Waals surface area contributed by atoms with Gasteiger partial charge >= 0.3 is 0 Å². The molecular weight excluding hydrogens is 232 g/mol. The van der Waals surface area contributed by atoms with Crippen molar-refractivity contribution in [1.82, 2.24) is 0 Å². The summed E-state index contributed by atoms with van der Waals surface area (Å²) >= 11 is 5.74. The predicted molar refractivity (Wildman–Crippen MR) is 75.8 cm³/mol. The van der Waals surface area contributed by atoms with Crippen LogP contribution in [0, 0.1) is 0 Å². The maximum absolute atomic E-state index is 5.74. The third-order valence-electron chi connectivity index (χ3n) is 2.52. The van der Waals surface area contributed by atoms with Gasteiger partial charge in [0.25, 0.3) is 0 Å². The van der Waals surface area contributed by atoms with Gasteiger partial charge < -0.3 is 4.74 Å². The quantitative estimate of drug-likeness (QED) is 0.496. The van der Waals surface area contributed by atoms with Gasteiger partial charge in [0, 0.05) is 5.88 Å². The highest BCUT2D eigenvalue weighted by molar-refractivity contribution is 6.19. The van der Waals surface area contributed by atoms with Gasteiger partial charge in [-0.1, -0.05) is 43.5 Å². The molecule has 1 nitrogen and oxygen atoms in total. The minimum Gasteiger partial charge on any atom is -0.494 e. The summed E-state index contributed by atoms with van der Waals surface area (Å²) in [5.74, 6) is 1.52. The van der Waals surface area contributed by atoms with Crippen LogP contribution in [-0.2, 0) is 0 Å². The van der Waals surface area contributed by atoms with Crippen LogP contribution in [0.1, 0.15) is 38.7 Å². The average molecular weight is 253 g/mol. The molecule has 0 bridgehead atoms. The first kappa shape index (κ1) is 14.1. The monoisotopic (exact) mass is 252 g/mol. The highest BCUT2D eigenvalue weighted by Crippen LogP contribution is 2.15. The summed E-state index contributed by atoms with van der Waals surface area (Å²) in [5.41, 5.74) is 2.34. The maximum Gasteiger partial charge on any atom is 0.119 e. The number of benzene rings is 1. The summed E-state index contributed by atoms with van der Waals surface area (Å²) in [7, 11) is 0. The molecular formula is C15H21ClO. The Morgan fingerprint density at radius 1 is 1.24 bits per heavy atom. The van der Waals surface area contributed by atoms with Crippen LogP contribution in [0.4, 0.5) is 0 Å². The molecule has 0 amide bonds. The van der Waals surface area contributed by atoms with Gasteiger partial charge in [-0.3, -0.25) is 0 Å². The molecule has 0 aliphatic heterocycles. The van der Waals surface area contributed by atoms with Crippen LogP contribution in [0.25, 0.3) is 6.08 Å². The Balaban J connectivity index is 2.45. The lowest BCUT2D eigenvalue weighted by molar-refractivity contribution is 0.306. The molecule has 0 saturated carbocycles. The fourth-order valence-electron chi connectivity index (χ4n) is 1.53. The topological polar surface area (TPSA) is 9.23 Å². The molecule has 0 aliphatic carbocycles. The summed E-state index contributed by atoms with van der Waals surface area (Å²) in [6, 6.07) is 8.15. The molecule has 1 rings (SSSR count). The van der Waals surface area contributed by atoms with E-state index >= 15 is 0 Å². The first-order valence-corrected chi connectivity index (χ1v) is 6.75. The lowest BCUT2D eigenvalue weighted by atomic mass is 10.1. The Kier molecular flexibility index (Phi) is 6.80. The van der Waals surface area contributed by atoms with Gasteiger partial charge in [0.05, 0.1) is 6.61 Å². The fraction of sp³-hybridized carbons (Fsp3) is 0.467. The van der Waals surface area contributed by atoms with Crippen LogP contribution in [0.15, 0.2) is 29.8 Å². The van der Waals surface area contributed by atoms with Gasteiger partial charge in [-0.05, 0) is 31.0 Å². The van der Waals surface area contributed by atoms with Gasteiger partial charge in [-0.15, -0.1) is 11.6 Å². The number of hydrogen-bond acceptors (Lipinski definition) is 1. The molecule has 0 spiro atoms. The zero-order chi connectivity index (χ0) is 12.5. The third-order valence-corrected chi connectivity index (χ3v) is 2.94. The van der Waals surface area contributed by atoms with Crippen molar-refractivity contribution in [3.8, 4) is 5.75 Å². The van der Waals surface area contributed by atoms with E-state index in [-0.39, 0.29) is 0 Å². The molecule has 0 N–H and O–H groups in total. The second-order valence-corrected chi connectivity index (χ2v) is 4.52. The van der Waals surface area contributed by atoms with Crippen LogP contribution in [0.2, 0.25) is 0 Å². The van der Waals surface area contributed by atoms with E-state index in [9.17, 15) is 0 Å². The largest absolute Gasteiger partial charge is 0.494 e. The van der Waals surface area contributed by atoms with Crippen LogP contribution < -0.4 is 4.74 Å². The molecule has 0 atom stereocenters. The zero-order valence-corrected chi connectivity index (χ0v) is 11.5. The van der Waals surface area contributed by atoms with Crippen molar-refractivity contribution >= 4 is 17.7 Å². The summed E-state index contributed by atoms with van der Waals surface area (Å²) in [6.07, 6.45) is 5.68. The van der Waals surface area contributed by atoms with E-state index in [0.717, 1.165) is 18.8 Å². The Morgan fingerprint density at radius 2 is 1.94 bits per heavy atom. The fourth-order valence-corrected chi connectivity index (χ4v) is 1.60. The Bertz CT molecular complexity index is 340. The lowest BCUT2D eigenvalue weighted by Gasteiger charge is -2.05. The van der Waals surface area contributed by atoms with Crippen molar-refractivity contribution in [2.24, 2.45) is 0 Å². The van der Waals surface area contributed by atoms with E-state index < -0.39 is 0 Å². The second-order valence-electron chi connectivity index (χ2n) is 4.25. The molecule has 0 fully saturated rings. The molecule has 0 unspecified atom stereocenters. The molecule has 2 heteroatoms. The first-order valence-electron chi connectivity index (χ1n) is 6.22. The number of rotatable bonds is 7. The first-order chi connectivity index (χ1) is 8.26. The van der Waals surface area contributed by atoms with Crippen molar-refractivity contribution in [2.45, 2.75) is 33.1 Å². The number of unbranched alkanes of at least 4 members (excludes halogenated alkanes) is 2. The minimum absolute atomic E-state index is 0.579. The molecule has 0 aromatic heterocycles. The summed E-state index contributed by atoms with van der Waals surface area (Å²) in [5, 5.41) is 0. The normalized spacial score (nSPS) is 11.6. The van der Waals surface area contributed by atoms with Gasteiger partial charge in [-0.2, -0.15) is 0 Å². The smallest absolute Gasteiger partial charge is 0.119 e. The van der Waals surface area contributed by atoms with Gasteiger partial charge in [0.2, 0.25) is 0 Å². The number of ether oxygens (including phenoxy) is 1. The summed E-state index contributed by atoms with van der Waals surface area (Å²) in [4.78, 5) is 0. The highest BCUT2D eigenvalue weighted by atomic mass is 35.5. The van der Waals surface area contributed by atoms with Crippen molar-refractivity contribution in [3.63, 3.8) is 0 Å². The van der Waals surface area contributed by atoms with Crippen LogP contribution in [0.3, 0.4) is 0 Å². The number of halogens is 1. The summed E-state index contributed by atoms with van der Waals surface area (Å²) < 4.78 is 5.65. The number of alkyl halides is 1. The van der Waals surface area contributed by atoms with Crippen molar-refractivity contribution in [3.05, 3.63) is 35.4 Å². The van der Waals surface area contributed by atoms with Crippen molar-refractivity contribution in [2.75, 3.05) is 12.5 Å². The van der Waals surface area contributed by atoms with E-state index in [2.05, 4.69) is 25.1 Å². The summed E-state index contributed by atoms with van der Waals surface area (Å²) in [6.45, 7) is 5.03. The Labute approximate surface area is 109 Å². The van der Waals surface area contributed by atoms with Crippen LogP contribution >= 0.6 is 11.6 Å². The third kappa shape index (κ3) is 5.78. The highest BCUT2D eigenvalue weighted by Gasteiger charge is 1.94. The molecule has 0 aliphatic rings. The van der Waals surface area contributed by atoms with Gasteiger partial charge in [-0.25, -0.2) is 0 Å². The van der Waals surface area contributed by atoms with Crippen LogP contribution in [-0.4, -0.2) is 12.5 Å². The molecule has 0 heterocycles. The van der Waals surface area contributed by atoms with Gasteiger partial charge in [0.1, 0.15) is 5.75 Å². The molecule has 94 valence electrons.